The molecule has 0 aromatic heterocycles. The van der Waals surface area contributed by atoms with Gasteiger partial charge in [-0.15, -0.1) is 0 Å². The summed E-state index contributed by atoms with van der Waals surface area (Å²) in [6.45, 7) is 0. The third-order valence-electron chi connectivity index (χ3n) is 3.50. The zero-order valence-electron chi connectivity index (χ0n) is 14.5. The maximum atomic E-state index is 12.9. The van der Waals surface area contributed by atoms with Gasteiger partial charge in [0.2, 0.25) is 0 Å². The Morgan fingerprint density at radius 3 is 2.19 bits per heavy atom. The molecule has 2 aromatic rings. The fourth-order valence-corrected chi connectivity index (χ4v) is 4.76. The van der Waals surface area contributed by atoms with Crippen LogP contribution in [-0.4, -0.2) is 35.7 Å². The molecule has 0 saturated heterocycles. The minimum atomic E-state index is -4.20. The molecule has 3 N–H and O–H groups in total. The second-order valence-corrected chi connectivity index (χ2v) is 8.08. The number of amides is 1. The van der Waals surface area contributed by atoms with E-state index in [2.05, 4.69) is 20.7 Å². The van der Waals surface area contributed by atoms with Crippen molar-refractivity contribution in [2.24, 2.45) is 5.73 Å². The van der Waals surface area contributed by atoms with Crippen LogP contribution in [0.25, 0.3) is 0 Å². The van der Waals surface area contributed by atoms with E-state index >= 15 is 0 Å². The van der Waals surface area contributed by atoms with E-state index in [9.17, 15) is 13.2 Å². The van der Waals surface area contributed by atoms with Crippen LogP contribution >= 0.6 is 27.5 Å². The first-order valence-corrected chi connectivity index (χ1v) is 9.91. The number of carbonyl (C=O) groups is 1. The van der Waals surface area contributed by atoms with Gasteiger partial charge in [-0.25, -0.2) is 8.42 Å². The summed E-state index contributed by atoms with van der Waals surface area (Å²) in [6, 6.07) is 5.29. The summed E-state index contributed by atoms with van der Waals surface area (Å²) >= 11 is 9.17. The SMILES string of the molecule is COc1cc(NS(=O)(=O)c2cc(Cl)cc(Br)c2OC)c(C(N)=O)cc1OC. The molecule has 2 rings (SSSR count). The number of methoxy groups -OCH3 is 3. The summed E-state index contributed by atoms with van der Waals surface area (Å²) in [5.41, 5.74) is 5.18. The van der Waals surface area contributed by atoms with Crippen molar-refractivity contribution in [1.82, 2.24) is 0 Å². The van der Waals surface area contributed by atoms with Gasteiger partial charge in [-0.2, -0.15) is 0 Å². The molecule has 0 spiro atoms. The first-order valence-electron chi connectivity index (χ1n) is 7.26. The lowest BCUT2D eigenvalue weighted by Gasteiger charge is -2.17. The number of hydrogen-bond acceptors (Lipinski definition) is 6. The standard InChI is InChI=1S/C16H16BrClN2O6S/c1-24-12-6-9(16(19)21)11(7-13(12)25-2)20-27(22,23)14-5-8(18)4-10(17)15(14)26-3/h4-7,20H,1-3H3,(H2,19,21). The van der Waals surface area contributed by atoms with Crippen molar-refractivity contribution < 1.29 is 27.4 Å². The van der Waals surface area contributed by atoms with Crippen molar-refractivity contribution in [3.63, 3.8) is 0 Å². The summed E-state index contributed by atoms with van der Waals surface area (Å²) in [4.78, 5) is 11.6. The fraction of sp³-hybridized carbons (Fsp3) is 0.188. The third kappa shape index (κ3) is 4.40. The van der Waals surface area contributed by atoms with Gasteiger partial charge in [0.1, 0.15) is 4.90 Å². The number of ether oxygens (including phenoxy) is 3. The highest BCUT2D eigenvalue weighted by atomic mass is 79.9. The summed E-state index contributed by atoms with van der Waals surface area (Å²) in [5.74, 6) is -0.377. The second kappa shape index (κ2) is 8.24. The Kier molecular flexibility index (Phi) is 6.45. The fourth-order valence-electron chi connectivity index (χ4n) is 2.30. The summed E-state index contributed by atoms with van der Waals surface area (Å²) < 4.78 is 43.9. The maximum absolute atomic E-state index is 12.9. The molecule has 0 aliphatic heterocycles. The van der Waals surface area contributed by atoms with Gasteiger partial charge >= 0.3 is 0 Å². The lowest BCUT2D eigenvalue weighted by Crippen LogP contribution is -2.19. The van der Waals surface area contributed by atoms with Crippen molar-refractivity contribution >= 4 is 49.1 Å². The van der Waals surface area contributed by atoms with Crippen LogP contribution in [0.1, 0.15) is 10.4 Å². The van der Waals surface area contributed by atoms with Crippen molar-refractivity contribution in [2.45, 2.75) is 4.90 Å². The highest BCUT2D eigenvalue weighted by Gasteiger charge is 2.25. The van der Waals surface area contributed by atoms with Gasteiger partial charge in [0.05, 0.1) is 37.1 Å². The quantitative estimate of drug-likeness (QED) is 0.630. The van der Waals surface area contributed by atoms with E-state index in [1.165, 1.54) is 45.6 Å². The molecule has 2 aromatic carbocycles. The first kappa shape index (κ1) is 21.1. The number of nitrogens with two attached hydrogens (primary N) is 1. The molecule has 1 amide bonds. The average molecular weight is 480 g/mol. The second-order valence-electron chi connectivity index (χ2n) is 5.14. The monoisotopic (exact) mass is 478 g/mol. The number of nitrogens with one attached hydrogen (secondary N) is 1. The number of carbonyl (C=O) groups excluding carboxylic acids is 1. The third-order valence-corrected chi connectivity index (χ3v) is 5.68. The van der Waals surface area contributed by atoms with Gasteiger partial charge in [0, 0.05) is 11.1 Å². The van der Waals surface area contributed by atoms with Crippen molar-refractivity contribution in [3.05, 3.63) is 39.3 Å². The summed E-state index contributed by atoms with van der Waals surface area (Å²) in [7, 11) is -0.129. The van der Waals surface area contributed by atoms with Crippen molar-refractivity contribution in [3.8, 4) is 17.2 Å². The maximum Gasteiger partial charge on any atom is 0.265 e. The minimum Gasteiger partial charge on any atom is -0.494 e. The van der Waals surface area contributed by atoms with Gasteiger partial charge in [0.25, 0.3) is 15.9 Å². The lowest BCUT2D eigenvalue weighted by molar-refractivity contribution is 0.100. The number of anilines is 1. The van der Waals surface area contributed by atoms with Crippen LogP contribution in [0.3, 0.4) is 0 Å². The number of sulfonamides is 1. The largest absolute Gasteiger partial charge is 0.494 e. The Morgan fingerprint density at radius 2 is 1.67 bits per heavy atom. The Balaban J connectivity index is 2.64. The summed E-state index contributed by atoms with van der Waals surface area (Å²) in [6.07, 6.45) is 0. The Labute approximate surface area is 169 Å². The molecule has 146 valence electrons. The topological polar surface area (TPSA) is 117 Å². The van der Waals surface area contributed by atoms with E-state index in [4.69, 9.17) is 31.5 Å². The van der Waals surface area contributed by atoms with Gasteiger partial charge in [-0.1, -0.05) is 11.6 Å². The van der Waals surface area contributed by atoms with Crippen LogP contribution in [0.4, 0.5) is 5.69 Å². The van der Waals surface area contributed by atoms with Crippen LogP contribution < -0.4 is 24.7 Å². The highest BCUT2D eigenvalue weighted by Crippen LogP contribution is 2.38. The smallest absolute Gasteiger partial charge is 0.265 e. The van der Waals surface area contributed by atoms with Crippen molar-refractivity contribution in [1.29, 1.82) is 0 Å². The molecule has 0 atom stereocenters. The zero-order chi connectivity index (χ0) is 20.4. The number of hydrogen-bond donors (Lipinski definition) is 2. The van der Waals surface area contributed by atoms with E-state index in [-0.39, 0.29) is 38.4 Å². The van der Waals surface area contributed by atoms with Gasteiger partial charge in [-0.05, 0) is 34.1 Å². The highest BCUT2D eigenvalue weighted by molar-refractivity contribution is 9.10. The minimum absolute atomic E-state index is 0.0491. The Bertz CT molecular complexity index is 997. The molecule has 8 nitrogen and oxygen atoms in total. The molecule has 0 fully saturated rings. The van der Waals surface area contributed by atoms with Crippen LogP contribution in [0, 0.1) is 0 Å². The lowest BCUT2D eigenvalue weighted by atomic mass is 10.1. The number of rotatable bonds is 7. The van der Waals surface area contributed by atoms with Crippen molar-refractivity contribution in [2.75, 3.05) is 26.1 Å². The normalized spacial score (nSPS) is 11.0. The van der Waals surface area contributed by atoms with Crippen LogP contribution in [0.5, 0.6) is 17.2 Å². The van der Waals surface area contributed by atoms with E-state index in [0.29, 0.717) is 4.47 Å². The molecular formula is C16H16BrClN2O6S. The van der Waals surface area contributed by atoms with Crippen LogP contribution in [-0.2, 0) is 10.0 Å². The zero-order valence-corrected chi connectivity index (χ0v) is 17.7. The predicted octanol–water partition coefficient (Wildman–Crippen LogP) is 3.03. The number of primary amides is 1. The molecule has 0 unspecified atom stereocenters. The van der Waals surface area contributed by atoms with Gasteiger partial charge in [0.15, 0.2) is 17.2 Å². The van der Waals surface area contributed by atoms with Gasteiger partial charge in [-0.3, -0.25) is 9.52 Å². The van der Waals surface area contributed by atoms with Crippen LogP contribution in [0.15, 0.2) is 33.6 Å². The number of halogens is 2. The first-order chi connectivity index (χ1) is 12.6. The molecule has 0 saturated carbocycles. The van der Waals surface area contributed by atoms with Gasteiger partial charge < -0.3 is 19.9 Å². The predicted molar refractivity (Wildman–Crippen MR) is 105 cm³/mol. The molecule has 0 aliphatic rings. The average Bonchev–Trinajstić information content (AvgIpc) is 2.60. The molecule has 27 heavy (non-hydrogen) atoms. The van der Waals surface area contributed by atoms with Crippen LogP contribution in [0.2, 0.25) is 5.02 Å². The molecule has 11 heteroatoms. The molecule has 0 bridgehead atoms. The van der Waals surface area contributed by atoms with E-state index < -0.39 is 15.9 Å². The molecule has 0 radical (unpaired) electrons. The van der Waals surface area contributed by atoms with E-state index in [0.717, 1.165) is 0 Å². The molecule has 0 heterocycles. The molecular weight excluding hydrogens is 464 g/mol. The van der Waals surface area contributed by atoms with E-state index in [1.54, 1.807) is 0 Å². The Hall–Kier alpha value is -2.17. The Morgan fingerprint density at radius 1 is 1.07 bits per heavy atom. The molecule has 0 aliphatic carbocycles. The number of benzene rings is 2. The van der Waals surface area contributed by atoms with E-state index in [1.807, 2.05) is 0 Å². The summed E-state index contributed by atoms with van der Waals surface area (Å²) in [5, 5.41) is 0.172.